The first-order valence-corrected chi connectivity index (χ1v) is 7.33. The zero-order valence-corrected chi connectivity index (χ0v) is 11.2. The maximum Gasteiger partial charge on any atom is 0.252 e. The van der Waals surface area contributed by atoms with Gasteiger partial charge in [-0.3, -0.25) is 4.79 Å². The van der Waals surface area contributed by atoms with Crippen LogP contribution in [0.4, 0.5) is 0 Å². The number of carbonyl (C=O) groups is 1. The first kappa shape index (κ1) is 13.9. The molecule has 0 saturated carbocycles. The molecule has 0 N–H and O–H groups in total. The van der Waals surface area contributed by atoms with Crippen LogP contribution in [-0.2, 0) is 9.84 Å². The van der Waals surface area contributed by atoms with Crippen molar-refractivity contribution in [3.8, 4) is 0 Å². The number of hydrogen-bond acceptors (Lipinski definition) is 3. The lowest BCUT2D eigenvalue weighted by atomic mass is 10.1. The van der Waals surface area contributed by atoms with E-state index in [1.807, 2.05) is 13.0 Å². The summed E-state index contributed by atoms with van der Waals surface area (Å²) in [5.41, 5.74) is 0.747. The predicted octanol–water partition coefficient (Wildman–Crippen LogP) is 2.89. The molecule has 0 unspecified atom stereocenters. The van der Waals surface area contributed by atoms with Crippen molar-refractivity contribution in [1.29, 1.82) is 0 Å². The fourth-order valence-corrected chi connectivity index (χ4v) is 2.38. The largest absolute Gasteiger partial charge is 0.276 e. The molecule has 0 fully saturated rings. The van der Waals surface area contributed by atoms with Crippen LogP contribution in [0, 0.1) is 0 Å². The lowest BCUT2D eigenvalue weighted by Crippen LogP contribution is -2.02. The van der Waals surface area contributed by atoms with Crippen molar-refractivity contribution in [2.45, 2.75) is 18.2 Å². The number of carbonyl (C=O) groups excluding carboxylic acids is 1. The van der Waals surface area contributed by atoms with Crippen molar-refractivity contribution in [2.24, 2.45) is 0 Å². The minimum atomic E-state index is -3.38. The molecule has 0 saturated heterocycles. The van der Waals surface area contributed by atoms with Crippen LogP contribution in [0.5, 0.6) is 0 Å². The quantitative estimate of drug-likeness (QED) is 0.792. The molecular formula is C12H13ClO3S. The molecule has 0 spiro atoms. The Labute approximate surface area is 106 Å². The molecule has 0 aliphatic rings. The highest BCUT2D eigenvalue weighted by Crippen LogP contribution is 2.20. The highest BCUT2D eigenvalue weighted by atomic mass is 35.5. The monoisotopic (exact) mass is 272 g/mol. The van der Waals surface area contributed by atoms with Crippen molar-refractivity contribution in [1.82, 2.24) is 0 Å². The Bertz CT molecular complexity index is 559. The molecule has 0 amide bonds. The van der Waals surface area contributed by atoms with Crippen LogP contribution in [0.1, 0.15) is 29.3 Å². The summed E-state index contributed by atoms with van der Waals surface area (Å²) >= 11 is 5.33. The number of halogens is 1. The van der Waals surface area contributed by atoms with E-state index in [0.29, 0.717) is 5.56 Å². The average Bonchev–Trinajstić information content (AvgIpc) is 2.24. The van der Waals surface area contributed by atoms with Gasteiger partial charge in [-0.15, -0.1) is 0 Å². The van der Waals surface area contributed by atoms with Crippen LogP contribution in [0.25, 0.3) is 6.08 Å². The third-order valence-electron chi connectivity index (χ3n) is 2.17. The van der Waals surface area contributed by atoms with Gasteiger partial charge in [0.2, 0.25) is 0 Å². The van der Waals surface area contributed by atoms with E-state index in [0.717, 1.165) is 12.7 Å². The van der Waals surface area contributed by atoms with Crippen molar-refractivity contribution < 1.29 is 13.2 Å². The van der Waals surface area contributed by atoms with E-state index in [-0.39, 0.29) is 10.5 Å². The summed E-state index contributed by atoms with van der Waals surface area (Å²) in [5, 5.41) is -0.666. The minimum Gasteiger partial charge on any atom is -0.276 e. The highest BCUT2D eigenvalue weighted by molar-refractivity contribution is 7.90. The summed E-state index contributed by atoms with van der Waals surface area (Å²) in [4.78, 5) is 11.1. The van der Waals surface area contributed by atoms with E-state index in [1.54, 1.807) is 12.1 Å². The summed E-state index contributed by atoms with van der Waals surface area (Å²) in [6.07, 6.45) is 5.48. The maximum atomic E-state index is 11.6. The Kier molecular flexibility index (Phi) is 4.48. The number of rotatable bonds is 4. The second-order valence-corrected chi connectivity index (χ2v) is 5.94. The van der Waals surface area contributed by atoms with Crippen molar-refractivity contribution in [2.75, 3.05) is 6.26 Å². The van der Waals surface area contributed by atoms with E-state index < -0.39 is 15.1 Å². The Hall–Kier alpha value is -1.13. The van der Waals surface area contributed by atoms with Gasteiger partial charge in [-0.1, -0.05) is 25.1 Å². The summed E-state index contributed by atoms with van der Waals surface area (Å²) < 4.78 is 23.2. The second-order valence-electron chi connectivity index (χ2n) is 3.61. The molecular weight excluding hydrogens is 260 g/mol. The van der Waals surface area contributed by atoms with Gasteiger partial charge in [0.05, 0.1) is 4.90 Å². The minimum absolute atomic E-state index is 0.119. The average molecular weight is 273 g/mol. The molecule has 17 heavy (non-hydrogen) atoms. The zero-order valence-electron chi connectivity index (χ0n) is 9.60. The third kappa shape index (κ3) is 3.68. The molecule has 0 aliphatic heterocycles. The Morgan fingerprint density at radius 2 is 2.06 bits per heavy atom. The van der Waals surface area contributed by atoms with E-state index in [2.05, 4.69) is 0 Å². The Morgan fingerprint density at radius 1 is 1.41 bits per heavy atom. The lowest BCUT2D eigenvalue weighted by Gasteiger charge is -2.05. The van der Waals surface area contributed by atoms with Gasteiger partial charge in [-0.05, 0) is 35.7 Å². The number of benzene rings is 1. The molecule has 92 valence electrons. The Balaban J connectivity index is 3.42. The van der Waals surface area contributed by atoms with Gasteiger partial charge in [0.1, 0.15) is 0 Å². The van der Waals surface area contributed by atoms with Crippen LogP contribution in [0.15, 0.2) is 29.2 Å². The zero-order chi connectivity index (χ0) is 13.1. The first-order chi connectivity index (χ1) is 7.86. The molecule has 0 atom stereocenters. The van der Waals surface area contributed by atoms with Gasteiger partial charge in [0, 0.05) is 11.8 Å². The van der Waals surface area contributed by atoms with Crippen LogP contribution in [0.2, 0.25) is 0 Å². The SMILES string of the molecule is CCC=Cc1ccc(C(=O)Cl)cc1S(C)(=O)=O. The van der Waals surface area contributed by atoms with Gasteiger partial charge < -0.3 is 0 Å². The number of hydrogen-bond donors (Lipinski definition) is 0. The first-order valence-electron chi connectivity index (χ1n) is 5.06. The molecule has 3 nitrogen and oxygen atoms in total. The van der Waals surface area contributed by atoms with Crippen LogP contribution < -0.4 is 0 Å². The van der Waals surface area contributed by atoms with E-state index >= 15 is 0 Å². The van der Waals surface area contributed by atoms with Crippen LogP contribution >= 0.6 is 11.6 Å². The molecule has 0 radical (unpaired) electrons. The fraction of sp³-hybridized carbons (Fsp3) is 0.250. The summed E-state index contributed by atoms with van der Waals surface area (Å²) in [6, 6.07) is 4.40. The molecule has 5 heteroatoms. The molecule has 1 aromatic carbocycles. The lowest BCUT2D eigenvalue weighted by molar-refractivity contribution is 0.108. The van der Waals surface area contributed by atoms with Gasteiger partial charge in [0.25, 0.3) is 5.24 Å². The number of sulfone groups is 1. The van der Waals surface area contributed by atoms with Crippen molar-refractivity contribution in [3.05, 3.63) is 35.4 Å². The normalized spacial score (nSPS) is 11.9. The summed E-state index contributed by atoms with van der Waals surface area (Å²) in [6.45, 7) is 1.95. The second kappa shape index (κ2) is 5.47. The third-order valence-corrected chi connectivity index (χ3v) is 3.54. The smallest absolute Gasteiger partial charge is 0.252 e. The van der Waals surface area contributed by atoms with Crippen molar-refractivity contribution >= 4 is 32.8 Å². The van der Waals surface area contributed by atoms with Crippen LogP contribution in [0.3, 0.4) is 0 Å². The van der Waals surface area contributed by atoms with E-state index in [1.165, 1.54) is 12.1 Å². The standard InChI is InChI=1S/C12H13ClO3S/c1-3-4-5-9-6-7-10(12(13)14)8-11(9)17(2,15)16/h4-8H,3H2,1-2H3. The van der Waals surface area contributed by atoms with Gasteiger partial charge in [-0.25, -0.2) is 8.42 Å². The molecule has 0 aromatic heterocycles. The molecule has 0 bridgehead atoms. The van der Waals surface area contributed by atoms with Crippen molar-refractivity contribution in [3.63, 3.8) is 0 Å². The van der Waals surface area contributed by atoms with E-state index in [4.69, 9.17) is 11.6 Å². The summed E-state index contributed by atoms with van der Waals surface area (Å²) in [5.74, 6) is 0. The molecule has 1 rings (SSSR count). The summed E-state index contributed by atoms with van der Waals surface area (Å²) in [7, 11) is -3.38. The number of allylic oxidation sites excluding steroid dienone is 1. The fourth-order valence-electron chi connectivity index (χ4n) is 1.36. The van der Waals surface area contributed by atoms with Gasteiger partial charge in [0.15, 0.2) is 9.84 Å². The van der Waals surface area contributed by atoms with Gasteiger partial charge >= 0.3 is 0 Å². The molecule has 0 aliphatic carbocycles. The highest BCUT2D eigenvalue weighted by Gasteiger charge is 2.14. The van der Waals surface area contributed by atoms with Gasteiger partial charge in [-0.2, -0.15) is 0 Å². The molecule has 0 heterocycles. The van der Waals surface area contributed by atoms with E-state index in [9.17, 15) is 13.2 Å². The maximum absolute atomic E-state index is 11.6. The topological polar surface area (TPSA) is 51.2 Å². The predicted molar refractivity (Wildman–Crippen MR) is 69.1 cm³/mol. The molecule has 1 aromatic rings. The van der Waals surface area contributed by atoms with Crippen LogP contribution in [-0.4, -0.2) is 19.9 Å². The Morgan fingerprint density at radius 3 is 2.53 bits per heavy atom.